The minimum Gasteiger partial charge on any atom is -0.347 e. The summed E-state index contributed by atoms with van der Waals surface area (Å²) in [5, 5.41) is -0.561. The van der Waals surface area contributed by atoms with Gasteiger partial charge in [-0.3, -0.25) is 4.79 Å². The Morgan fingerprint density at radius 3 is 2.60 bits per heavy atom. The maximum absolute atomic E-state index is 12.7. The van der Waals surface area contributed by atoms with Crippen LogP contribution in [0.2, 0.25) is 0 Å². The Bertz CT molecular complexity index is 799. The van der Waals surface area contributed by atoms with Crippen molar-refractivity contribution in [2.45, 2.75) is 44.1 Å². The van der Waals surface area contributed by atoms with Crippen molar-refractivity contribution in [2.75, 3.05) is 32.1 Å². The molecule has 25 heavy (non-hydrogen) atoms. The number of amides is 1. The molecule has 0 unspecified atom stereocenters. The summed E-state index contributed by atoms with van der Waals surface area (Å²) in [5.74, 6) is 0.273. The number of sulfone groups is 1. The number of aromatic nitrogens is 2. The molecule has 0 bridgehead atoms. The number of hydrogen-bond donors (Lipinski definition) is 0. The summed E-state index contributed by atoms with van der Waals surface area (Å²) in [7, 11) is 0.403. The highest BCUT2D eigenvalue weighted by molar-refractivity contribution is 7.91. The van der Waals surface area contributed by atoms with Crippen LogP contribution < -0.4 is 4.90 Å². The van der Waals surface area contributed by atoms with Crippen molar-refractivity contribution in [1.82, 2.24) is 14.9 Å². The van der Waals surface area contributed by atoms with Gasteiger partial charge in [0.15, 0.2) is 9.84 Å². The van der Waals surface area contributed by atoms with Gasteiger partial charge in [0.2, 0.25) is 11.9 Å². The van der Waals surface area contributed by atoms with Crippen LogP contribution in [-0.4, -0.2) is 61.6 Å². The first-order valence-electron chi connectivity index (χ1n) is 8.50. The molecule has 0 saturated carbocycles. The lowest BCUT2D eigenvalue weighted by atomic mass is 9.91. The monoisotopic (exact) mass is 366 g/mol. The molecule has 0 N–H and O–H groups in total. The Morgan fingerprint density at radius 2 is 2.00 bits per heavy atom. The number of nitrogens with zero attached hydrogens (tertiary/aromatic N) is 4. The SMILES string of the molecule is CN(C)c1ncc2c(n1)[C@H]1CN(C(=O)CC(C)(C)C)C[C@H]1S(=O)(=O)C2. The molecule has 1 aromatic heterocycles. The molecule has 1 amide bonds. The first-order chi connectivity index (χ1) is 11.5. The molecule has 0 radical (unpaired) electrons. The largest absolute Gasteiger partial charge is 0.347 e. The van der Waals surface area contributed by atoms with Crippen LogP contribution in [0, 0.1) is 5.41 Å². The van der Waals surface area contributed by atoms with Crippen LogP contribution in [0.1, 0.15) is 44.4 Å². The van der Waals surface area contributed by atoms with E-state index in [0.29, 0.717) is 24.5 Å². The van der Waals surface area contributed by atoms with Gasteiger partial charge in [0, 0.05) is 51.3 Å². The summed E-state index contributed by atoms with van der Waals surface area (Å²) in [6, 6.07) is 0. The van der Waals surface area contributed by atoms with Crippen molar-refractivity contribution in [3.05, 3.63) is 17.5 Å². The van der Waals surface area contributed by atoms with Gasteiger partial charge in [0.25, 0.3) is 0 Å². The topological polar surface area (TPSA) is 83.5 Å². The molecule has 2 aliphatic heterocycles. The van der Waals surface area contributed by atoms with E-state index < -0.39 is 15.1 Å². The summed E-state index contributed by atoms with van der Waals surface area (Å²) in [5.41, 5.74) is 1.32. The fourth-order valence-electron chi connectivity index (χ4n) is 3.55. The third kappa shape index (κ3) is 3.49. The highest BCUT2D eigenvalue weighted by atomic mass is 32.2. The number of likely N-dealkylation sites (tertiary alicyclic amines) is 1. The second-order valence-corrected chi connectivity index (χ2v) is 10.7. The smallest absolute Gasteiger partial charge is 0.225 e. The predicted octanol–water partition coefficient (Wildman–Crippen LogP) is 1.20. The fourth-order valence-corrected chi connectivity index (χ4v) is 5.54. The summed E-state index contributed by atoms with van der Waals surface area (Å²) in [6.07, 6.45) is 2.02. The van der Waals surface area contributed by atoms with Crippen molar-refractivity contribution in [3.8, 4) is 0 Å². The van der Waals surface area contributed by atoms with Gasteiger partial charge in [-0.15, -0.1) is 0 Å². The normalized spacial score (nSPS) is 24.6. The van der Waals surface area contributed by atoms with Gasteiger partial charge in [-0.2, -0.15) is 0 Å². The van der Waals surface area contributed by atoms with E-state index in [-0.39, 0.29) is 29.5 Å². The van der Waals surface area contributed by atoms with Crippen LogP contribution in [0.3, 0.4) is 0 Å². The van der Waals surface area contributed by atoms with Gasteiger partial charge in [-0.1, -0.05) is 20.8 Å². The maximum atomic E-state index is 12.7. The fraction of sp³-hybridized carbons (Fsp3) is 0.706. The van der Waals surface area contributed by atoms with E-state index >= 15 is 0 Å². The van der Waals surface area contributed by atoms with Gasteiger partial charge >= 0.3 is 0 Å². The quantitative estimate of drug-likeness (QED) is 0.782. The summed E-state index contributed by atoms with van der Waals surface area (Å²) in [4.78, 5) is 24.9. The van der Waals surface area contributed by atoms with E-state index in [4.69, 9.17) is 0 Å². The molecule has 2 aliphatic rings. The molecule has 3 rings (SSSR count). The zero-order chi connectivity index (χ0) is 18.6. The zero-order valence-corrected chi connectivity index (χ0v) is 16.3. The van der Waals surface area contributed by atoms with Gasteiger partial charge in [-0.25, -0.2) is 18.4 Å². The van der Waals surface area contributed by atoms with Crippen LogP contribution in [0.4, 0.5) is 5.95 Å². The van der Waals surface area contributed by atoms with E-state index in [1.54, 1.807) is 16.0 Å². The molecule has 1 saturated heterocycles. The Balaban J connectivity index is 1.94. The molecule has 2 atom stereocenters. The van der Waals surface area contributed by atoms with E-state index in [0.717, 1.165) is 5.69 Å². The molecule has 8 heteroatoms. The first-order valence-corrected chi connectivity index (χ1v) is 10.2. The number of fused-ring (bicyclic) bond motifs is 3. The van der Waals surface area contributed by atoms with Gasteiger partial charge in [-0.05, 0) is 5.41 Å². The average Bonchev–Trinajstić information content (AvgIpc) is 2.91. The number of anilines is 1. The Labute approximate surface area is 149 Å². The third-order valence-corrected chi connectivity index (χ3v) is 6.87. The van der Waals surface area contributed by atoms with Crippen molar-refractivity contribution in [2.24, 2.45) is 5.41 Å². The van der Waals surface area contributed by atoms with E-state index in [9.17, 15) is 13.2 Å². The first kappa shape index (κ1) is 18.1. The van der Waals surface area contributed by atoms with Crippen LogP contribution in [-0.2, 0) is 20.4 Å². The van der Waals surface area contributed by atoms with E-state index in [1.165, 1.54) is 0 Å². The van der Waals surface area contributed by atoms with Gasteiger partial charge in [0.05, 0.1) is 16.7 Å². The Kier molecular flexibility index (Phi) is 4.29. The number of carbonyl (C=O) groups excluding carboxylic acids is 1. The third-order valence-electron chi connectivity index (χ3n) is 4.75. The molecule has 138 valence electrons. The molecule has 1 fully saturated rings. The molecule has 0 aromatic carbocycles. The highest BCUT2D eigenvalue weighted by Crippen LogP contribution is 2.40. The van der Waals surface area contributed by atoms with Gasteiger partial charge in [0.1, 0.15) is 0 Å². The van der Waals surface area contributed by atoms with E-state index in [2.05, 4.69) is 9.97 Å². The second-order valence-electron chi connectivity index (χ2n) is 8.46. The van der Waals surface area contributed by atoms with Crippen LogP contribution in [0.25, 0.3) is 0 Å². The summed E-state index contributed by atoms with van der Waals surface area (Å²) in [6.45, 7) is 6.71. The highest BCUT2D eigenvalue weighted by Gasteiger charge is 2.48. The standard InChI is InChI=1S/C17H26N4O3S/c1-17(2,3)6-14(22)21-8-12-13(9-21)25(23,24)10-11-7-18-16(20(4)5)19-15(11)12/h7,12-13H,6,8-10H2,1-5H3/t12-,13+/m0/s1. The number of carbonyl (C=O) groups is 1. The second kappa shape index (κ2) is 5.93. The van der Waals surface area contributed by atoms with Gasteiger partial charge < -0.3 is 9.80 Å². The average molecular weight is 366 g/mol. The minimum atomic E-state index is -3.30. The molecule has 0 aliphatic carbocycles. The molecule has 3 heterocycles. The van der Waals surface area contributed by atoms with Crippen LogP contribution >= 0.6 is 0 Å². The lowest BCUT2D eigenvalue weighted by Gasteiger charge is -2.26. The van der Waals surface area contributed by atoms with Crippen LogP contribution in [0.5, 0.6) is 0 Å². The van der Waals surface area contributed by atoms with Crippen molar-refractivity contribution < 1.29 is 13.2 Å². The Hall–Kier alpha value is -1.70. The maximum Gasteiger partial charge on any atom is 0.225 e. The summed E-state index contributed by atoms with van der Waals surface area (Å²) < 4.78 is 25.4. The Morgan fingerprint density at radius 1 is 1.32 bits per heavy atom. The van der Waals surface area contributed by atoms with Crippen molar-refractivity contribution >= 4 is 21.7 Å². The number of rotatable bonds is 2. The summed E-state index contributed by atoms with van der Waals surface area (Å²) >= 11 is 0. The van der Waals surface area contributed by atoms with Crippen LogP contribution in [0.15, 0.2) is 6.20 Å². The molecule has 7 nitrogen and oxygen atoms in total. The molecular formula is C17H26N4O3S. The number of hydrogen-bond acceptors (Lipinski definition) is 6. The predicted molar refractivity (Wildman–Crippen MR) is 96.2 cm³/mol. The van der Waals surface area contributed by atoms with Crippen molar-refractivity contribution in [1.29, 1.82) is 0 Å². The molecule has 0 spiro atoms. The lowest BCUT2D eigenvalue weighted by Crippen LogP contribution is -2.36. The minimum absolute atomic E-state index is 0.0144. The van der Waals surface area contributed by atoms with Crippen molar-refractivity contribution in [3.63, 3.8) is 0 Å². The van der Waals surface area contributed by atoms with E-state index in [1.807, 2.05) is 34.9 Å². The molecular weight excluding hydrogens is 340 g/mol. The lowest BCUT2D eigenvalue weighted by molar-refractivity contribution is -0.132. The molecule has 1 aromatic rings. The zero-order valence-electron chi connectivity index (χ0n) is 15.5.